The first-order chi connectivity index (χ1) is 16.4. The first-order valence-corrected chi connectivity index (χ1v) is 13.7. The summed E-state index contributed by atoms with van der Waals surface area (Å²) >= 11 is 0. The fourth-order valence-corrected chi connectivity index (χ4v) is 5.57. The van der Waals surface area contributed by atoms with Gasteiger partial charge in [-0.05, 0) is 85.7 Å². The number of rotatable bonds is 8. The second-order valence-corrected chi connectivity index (χ2v) is 11.5. The van der Waals surface area contributed by atoms with Crippen molar-refractivity contribution in [1.29, 1.82) is 0 Å². The zero-order valence-electron chi connectivity index (χ0n) is 19.7. The van der Waals surface area contributed by atoms with Gasteiger partial charge in [-0.1, -0.05) is 25.1 Å². The zero-order chi connectivity index (χ0) is 23.9. The third-order valence-electron chi connectivity index (χ3n) is 6.84. The minimum atomic E-state index is -3.22. The van der Waals surface area contributed by atoms with E-state index in [4.69, 9.17) is 0 Å². The number of fused-ring (bicyclic) bond motifs is 3. The van der Waals surface area contributed by atoms with E-state index in [2.05, 4.69) is 35.0 Å². The molecule has 5 rings (SSSR count). The number of sulfone groups is 1. The number of hydrogen-bond donors (Lipinski definition) is 1. The average Bonchev–Trinajstić information content (AvgIpc) is 3.62. The van der Waals surface area contributed by atoms with Crippen LogP contribution in [0.25, 0.3) is 21.8 Å². The highest BCUT2D eigenvalue weighted by Gasteiger charge is 2.22. The maximum atomic E-state index is 13.0. The molecule has 1 aliphatic carbocycles. The van der Waals surface area contributed by atoms with E-state index in [9.17, 15) is 13.2 Å². The van der Waals surface area contributed by atoms with Gasteiger partial charge in [-0.3, -0.25) is 4.79 Å². The van der Waals surface area contributed by atoms with Crippen LogP contribution in [0.15, 0.2) is 65.6 Å². The molecule has 1 fully saturated rings. The van der Waals surface area contributed by atoms with Gasteiger partial charge < -0.3 is 9.88 Å². The van der Waals surface area contributed by atoms with Crippen molar-refractivity contribution in [2.24, 2.45) is 5.92 Å². The Morgan fingerprint density at radius 2 is 1.56 bits per heavy atom. The molecule has 1 aromatic heterocycles. The van der Waals surface area contributed by atoms with Crippen molar-refractivity contribution in [2.45, 2.75) is 51.1 Å². The van der Waals surface area contributed by atoms with E-state index >= 15 is 0 Å². The van der Waals surface area contributed by atoms with Crippen LogP contribution in [0.5, 0.6) is 0 Å². The SMILES string of the molecule is CCn1c2ccc(CC3CC3)cc2c2cc(C(=O)NCc3ccc(S(=O)(=O)CC)cc3)ccc21. The van der Waals surface area contributed by atoms with Crippen molar-refractivity contribution in [3.05, 3.63) is 77.4 Å². The number of benzene rings is 3. The molecule has 1 saturated carbocycles. The molecule has 3 aromatic carbocycles. The molecular formula is C28H30N2O3S. The summed E-state index contributed by atoms with van der Waals surface area (Å²) in [6.45, 7) is 4.99. The highest BCUT2D eigenvalue weighted by Crippen LogP contribution is 2.35. The first-order valence-electron chi connectivity index (χ1n) is 12.0. The number of carbonyl (C=O) groups is 1. The fraction of sp³-hybridized carbons (Fsp3) is 0.321. The van der Waals surface area contributed by atoms with Crippen LogP contribution in [0, 0.1) is 5.92 Å². The third kappa shape index (κ3) is 4.34. The molecule has 5 nitrogen and oxygen atoms in total. The van der Waals surface area contributed by atoms with Gasteiger partial charge in [0.15, 0.2) is 9.84 Å². The molecule has 1 amide bonds. The maximum absolute atomic E-state index is 13.0. The van der Waals surface area contributed by atoms with Crippen LogP contribution in [0.1, 0.15) is 48.2 Å². The highest BCUT2D eigenvalue weighted by molar-refractivity contribution is 7.91. The van der Waals surface area contributed by atoms with Gasteiger partial charge >= 0.3 is 0 Å². The lowest BCUT2D eigenvalue weighted by atomic mass is 10.0. The molecule has 0 atom stereocenters. The standard InChI is InChI=1S/C28H30N2O3S/c1-3-30-26-13-9-21(15-19-5-6-19)16-24(26)25-17-22(10-14-27(25)30)28(31)29-18-20-7-11-23(12-8-20)34(32,33)4-2/h7-14,16-17,19H,3-6,15,18H2,1-2H3,(H,29,31). The summed E-state index contributed by atoms with van der Waals surface area (Å²) in [5.41, 5.74) is 5.20. The molecular weight excluding hydrogens is 444 g/mol. The van der Waals surface area contributed by atoms with E-state index in [1.165, 1.54) is 29.3 Å². The van der Waals surface area contributed by atoms with Gasteiger partial charge in [0.2, 0.25) is 0 Å². The average molecular weight is 475 g/mol. The van der Waals surface area contributed by atoms with Gasteiger partial charge in [-0.2, -0.15) is 0 Å². The molecule has 4 aromatic rings. The van der Waals surface area contributed by atoms with Gasteiger partial charge in [-0.15, -0.1) is 0 Å². The van der Waals surface area contributed by atoms with Crippen LogP contribution in [-0.4, -0.2) is 24.6 Å². The summed E-state index contributed by atoms with van der Waals surface area (Å²) in [6.07, 6.45) is 3.79. The fourth-order valence-electron chi connectivity index (χ4n) is 4.68. The molecule has 0 spiro atoms. The normalized spacial score (nSPS) is 14.1. The Morgan fingerprint density at radius 1 is 0.912 bits per heavy atom. The van der Waals surface area contributed by atoms with Crippen molar-refractivity contribution in [2.75, 3.05) is 5.75 Å². The van der Waals surface area contributed by atoms with Crippen molar-refractivity contribution in [3.63, 3.8) is 0 Å². The van der Waals surface area contributed by atoms with E-state index in [0.717, 1.165) is 35.3 Å². The minimum Gasteiger partial charge on any atom is -0.348 e. The minimum absolute atomic E-state index is 0.0715. The van der Waals surface area contributed by atoms with E-state index in [-0.39, 0.29) is 11.7 Å². The zero-order valence-corrected chi connectivity index (χ0v) is 20.5. The number of carbonyl (C=O) groups excluding carboxylic acids is 1. The van der Waals surface area contributed by atoms with Gasteiger partial charge in [0.1, 0.15) is 0 Å². The Bertz CT molecular complexity index is 1480. The second kappa shape index (κ2) is 8.91. The van der Waals surface area contributed by atoms with Crippen molar-refractivity contribution in [3.8, 4) is 0 Å². The van der Waals surface area contributed by atoms with Crippen molar-refractivity contribution < 1.29 is 13.2 Å². The van der Waals surface area contributed by atoms with Crippen LogP contribution in [0.3, 0.4) is 0 Å². The quantitative estimate of drug-likeness (QED) is 0.367. The van der Waals surface area contributed by atoms with Crippen LogP contribution in [-0.2, 0) is 29.3 Å². The number of aryl methyl sites for hydroxylation is 1. The lowest BCUT2D eigenvalue weighted by Gasteiger charge is -2.08. The molecule has 176 valence electrons. The summed E-state index contributed by atoms with van der Waals surface area (Å²) in [6, 6.07) is 19.4. The Labute approximate surface area is 200 Å². The van der Waals surface area contributed by atoms with Crippen molar-refractivity contribution >= 4 is 37.6 Å². The van der Waals surface area contributed by atoms with E-state index in [1.54, 1.807) is 31.2 Å². The highest BCUT2D eigenvalue weighted by atomic mass is 32.2. The number of hydrogen-bond acceptors (Lipinski definition) is 3. The maximum Gasteiger partial charge on any atom is 0.251 e. The van der Waals surface area contributed by atoms with E-state index < -0.39 is 9.84 Å². The molecule has 34 heavy (non-hydrogen) atoms. The molecule has 0 bridgehead atoms. The van der Waals surface area contributed by atoms with E-state index in [1.807, 2.05) is 18.2 Å². The number of aromatic nitrogens is 1. The molecule has 6 heteroatoms. The summed E-state index contributed by atoms with van der Waals surface area (Å²) < 4.78 is 26.3. The van der Waals surface area contributed by atoms with Crippen molar-refractivity contribution in [1.82, 2.24) is 9.88 Å². The largest absolute Gasteiger partial charge is 0.348 e. The molecule has 0 unspecified atom stereocenters. The van der Waals surface area contributed by atoms with Gasteiger partial charge in [0.25, 0.3) is 5.91 Å². The summed E-state index contributed by atoms with van der Waals surface area (Å²) in [5, 5.41) is 5.29. The van der Waals surface area contributed by atoms with Gasteiger partial charge in [0.05, 0.1) is 10.6 Å². The molecule has 0 saturated heterocycles. The number of nitrogens with one attached hydrogen (secondary N) is 1. The predicted octanol–water partition coefficient (Wildman–Crippen LogP) is 5.49. The first kappa shape index (κ1) is 22.7. The monoisotopic (exact) mass is 474 g/mol. The molecule has 0 aliphatic heterocycles. The Hall–Kier alpha value is -3.12. The summed E-state index contributed by atoms with van der Waals surface area (Å²) in [4.78, 5) is 13.3. The topological polar surface area (TPSA) is 68.2 Å². The Balaban J connectivity index is 1.39. The molecule has 1 N–H and O–H groups in total. The smallest absolute Gasteiger partial charge is 0.251 e. The second-order valence-electron chi connectivity index (χ2n) is 9.21. The molecule has 0 radical (unpaired) electrons. The lowest BCUT2D eigenvalue weighted by Crippen LogP contribution is -2.22. The number of nitrogens with zero attached hydrogens (tertiary/aromatic N) is 1. The Morgan fingerprint density at radius 3 is 2.21 bits per heavy atom. The van der Waals surface area contributed by atoms with Crippen LogP contribution < -0.4 is 5.32 Å². The van der Waals surface area contributed by atoms with Crippen LogP contribution in [0.2, 0.25) is 0 Å². The Kier molecular flexibility index (Phi) is 5.94. The van der Waals surface area contributed by atoms with Crippen LogP contribution in [0.4, 0.5) is 0 Å². The third-order valence-corrected chi connectivity index (χ3v) is 8.60. The van der Waals surface area contributed by atoms with E-state index in [0.29, 0.717) is 17.0 Å². The van der Waals surface area contributed by atoms with Gasteiger partial charge in [0, 0.05) is 40.5 Å². The lowest BCUT2D eigenvalue weighted by molar-refractivity contribution is 0.0951. The molecule has 1 aliphatic rings. The van der Waals surface area contributed by atoms with Crippen LogP contribution >= 0.6 is 0 Å². The molecule has 1 heterocycles. The summed E-state index contributed by atoms with van der Waals surface area (Å²) in [7, 11) is -3.22. The summed E-state index contributed by atoms with van der Waals surface area (Å²) in [5.74, 6) is 0.760. The number of amides is 1. The van der Waals surface area contributed by atoms with Gasteiger partial charge in [-0.25, -0.2) is 8.42 Å². The predicted molar refractivity (Wildman–Crippen MR) is 137 cm³/mol.